The van der Waals surface area contributed by atoms with E-state index in [0.717, 1.165) is 13.0 Å². The van der Waals surface area contributed by atoms with E-state index in [1.165, 1.54) is 23.1 Å². The maximum absolute atomic E-state index is 3.59. The van der Waals surface area contributed by atoms with Gasteiger partial charge in [-0.05, 0) is 55.3 Å². The molecule has 1 nitrogen and oxygen atoms in total. The van der Waals surface area contributed by atoms with Crippen LogP contribution in [0.2, 0.25) is 0 Å². The number of rotatable bonds is 2. The molecule has 0 unspecified atom stereocenters. The van der Waals surface area contributed by atoms with Gasteiger partial charge in [-0.2, -0.15) is 0 Å². The second-order valence-electron chi connectivity index (χ2n) is 6.41. The zero-order chi connectivity index (χ0) is 12.7. The molecule has 1 heteroatoms. The van der Waals surface area contributed by atoms with Crippen LogP contribution >= 0.6 is 0 Å². The lowest BCUT2D eigenvalue weighted by molar-refractivity contribution is 0.381. The Hall–Kier alpha value is -0.820. The molecule has 0 aliphatic carbocycles. The normalized spacial score (nSPS) is 18.9. The summed E-state index contributed by atoms with van der Waals surface area (Å²) >= 11 is 0. The van der Waals surface area contributed by atoms with Gasteiger partial charge < -0.3 is 5.32 Å². The fraction of sp³-hybridized carbons (Fsp3) is 0.625. The number of nitrogens with one attached hydrogen (secondary N) is 1. The van der Waals surface area contributed by atoms with Gasteiger partial charge in [0, 0.05) is 5.54 Å². The monoisotopic (exact) mass is 231 g/mol. The highest BCUT2D eigenvalue weighted by Gasteiger charge is 2.28. The summed E-state index contributed by atoms with van der Waals surface area (Å²) in [5.74, 6) is 0. The first-order valence-electron chi connectivity index (χ1n) is 6.76. The van der Waals surface area contributed by atoms with Crippen LogP contribution in [0.15, 0.2) is 18.2 Å². The molecule has 0 fully saturated rings. The van der Waals surface area contributed by atoms with Crippen molar-refractivity contribution in [3.63, 3.8) is 0 Å². The third-order valence-electron chi connectivity index (χ3n) is 4.41. The lowest BCUT2D eigenvalue weighted by Gasteiger charge is -2.35. The maximum Gasteiger partial charge on any atom is 0.0380 e. The molecule has 0 saturated carbocycles. The Morgan fingerprint density at radius 2 is 2.00 bits per heavy atom. The van der Waals surface area contributed by atoms with E-state index in [-0.39, 0.29) is 5.54 Å². The van der Waals surface area contributed by atoms with Crippen LogP contribution < -0.4 is 5.32 Å². The summed E-state index contributed by atoms with van der Waals surface area (Å²) < 4.78 is 0. The molecule has 0 atom stereocenters. The van der Waals surface area contributed by atoms with Gasteiger partial charge in [-0.3, -0.25) is 0 Å². The van der Waals surface area contributed by atoms with Crippen molar-refractivity contribution < 1.29 is 0 Å². The largest absolute Gasteiger partial charge is 0.307 e. The van der Waals surface area contributed by atoms with Gasteiger partial charge >= 0.3 is 0 Å². The molecule has 2 rings (SSSR count). The summed E-state index contributed by atoms with van der Waals surface area (Å²) in [7, 11) is 0. The molecule has 1 aromatic carbocycles. The molecule has 1 heterocycles. The molecule has 1 aliphatic rings. The maximum atomic E-state index is 3.59. The summed E-state index contributed by atoms with van der Waals surface area (Å²) in [4.78, 5) is 0. The Labute approximate surface area is 106 Å². The summed E-state index contributed by atoms with van der Waals surface area (Å²) in [6.45, 7) is 12.6. The van der Waals surface area contributed by atoms with Gasteiger partial charge in [-0.25, -0.2) is 0 Å². The van der Waals surface area contributed by atoms with Gasteiger partial charge in [-0.1, -0.05) is 39.0 Å². The van der Waals surface area contributed by atoms with E-state index in [4.69, 9.17) is 0 Å². The van der Waals surface area contributed by atoms with Crippen molar-refractivity contribution in [2.45, 2.75) is 58.4 Å². The molecule has 0 spiro atoms. The first kappa shape index (κ1) is 12.6. The van der Waals surface area contributed by atoms with Crippen molar-refractivity contribution in [2.75, 3.05) is 6.54 Å². The summed E-state index contributed by atoms with van der Waals surface area (Å²) in [6.07, 6.45) is 2.35. The Bertz CT molecular complexity index is 416. The summed E-state index contributed by atoms with van der Waals surface area (Å²) in [5.41, 5.74) is 4.91. The highest BCUT2D eigenvalue weighted by Crippen LogP contribution is 2.33. The van der Waals surface area contributed by atoms with Gasteiger partial charge in [-0.15, -0.1) is 0 Å². The second kappa shape index (κ2) is 4.13. The van der Waals surface area contributed by atoms with E-state index in [1.807, 2.05) is 0 Å². The van der Waals surface area contributed by atoms with E-state index >= 15 is 0 Å². The molecule has 17 heavy (non-hydrogen) atoms. The quantitative estimate of drug-likeness (QED) is 0.817. The topological polar surface area (TPSA) is 12.0 Å². The minimum absolute atomic E-state index is 0.127. The van der Waals surface area contributed by atoms with Crippen molar-refractivity contribution >= 4 is 0 Å². The van der Waals surface area contributed by atoms with Gasteiger partial charge in [0.05, 0.1) is 0 Å². The van der Waals surface area contributed by atoms with Crippen molar-refractivity contribution in [3.8, 4) is 0 Å². The Morgan fingerprint density at radius 1 is 1.29 bits per heavy atom. The van der Waals surface area contributed by atoms with Crippen molar-refractivity contribution in [1.29, 1.82) is 0 Å². The predicted molar refractivity (Wildman–Crippen MR) is 74.5 cm³/mol. The van der Waals surface area contributed by atoms with Crippen molar-refractivity contribution in [3.05, 3.63) is 34.9 Å². The number of fused-ring (bicyclic) bond motifs is 1. The van der Waals surface area contributed by atoms with Gasteiger partial charge in [0.25, 0.3) is 0 Å². The third-order valence-corrected chi connectivity index (χ3v) is 4.41. The molecule has 94 valence electrons. The highest BCUT2D eigenvalue weighted by molar-refractivity contribution is 5.40. The van der Waals surface area contributed by atoms with Crippen molar-refractivity contribution in [2.24, 2.45) is 0 Å². The van der Waals surface area contributed by atoms with E-state index < -0.39 is 0 Å². The molecular weight excluding hydrogens is 206 g/mol. The van der Waals surface area contributed by atoms with E-state index in [2.05, 4.69) is 58.1 Å². The van der Waals surface area contributed by atoms with Crippen LogP contribution in [-0.4, -0.2) is 6.54 Å². The fourth-order valence-electron chi connectivity index (χ4n) is 2.64. The molecule has 1 N–H and O–H groups in total. The number of hydrogen-bond donors (Lipinski definition) is 1. The molecule has 0 aromatic heterocycles. The first-order valence-corrected chi connectivity index (χ1v) is 6.76. The third kappa shape index (κ3) is 2.26. The van der Waals surface area contributed by atoms with Crippen molar-refractivity contribution in [1.82, 2.24) is 5.32 Å². The van der Waals surface area contributed by atoms with E-state index in [1.54, 1.807) is 0 Å². The Kier molecular flexibility index (Phi) is 3.07. The predicted octanol–water partition coefficient (Wildman–Crippen LogP) is 3.76. The van der Waals surface area contributed by atoms with Gasteiger partial charge in [0.1, 0.15) is 0 Å². The smallest absolute Gasteiger partial charge is 0.0380 e. The lowest BCUT2D eigenvalue weighted by atomic mass is 9.77. The zero-order valence-electron chi connectivity index (χ0n) is 11.9. The van der Waals surface area contributed by atoms with Crippen LogP contribution in [0.5, 0.6) is 0 Å². The first-order chi connectivity index (χ1) is 7.87. The van der Waals surface area contributed by atoms with E-state index in [9.17, 15) is 0 Å². The van der Waals surface area contributed by atoms with Crippen LogP contribution in [0.25, 0.3) is 0 Å². The molecule has 1 aromatic rings. The minimum atomic E-state index is 0.127. The SMILES string of the molecule is CCC(C)(C)c1ccc2c(c1)CCNC2(C)C. The molecule has 1 aliphatic heterocycles. The molecular formula is C16H25N. The number of hydrogen-bond acceptors (Lipinski definition) is 1. The van der Waals surface area contributed by atoms with Gasteiger partial charge in [0.2, 0.25) is 0 Å². The second-order valence-corrected chi connectivity index (χ2v) is 6.41. The minimum Gasteiger partial charge on any atom is -0.307 e. The summed E-state index contributed by atoms with van der Waals surface area (Å²) in [6, 6.07) is 7.08. The van der Waals surface area contributed by atoms with Crippen LogP contribution in [-0.2, 0) is 17.4 Å². The molecule has 0 saturated heterocycles. The molecule has 0 radical (unpaired) electrons. The van der Waals surface area contributed by atoms with Crippen LogP contribution in [0.1, 0.15) is 57.7 Å². The van der Waals surface area contributed by atoms with Crippen LogP contribution in [0, 0.1) is 0 Å². The zero-order valence-corrected chi connectivity index (χ0v) is 11.9. The standard InChI is InChI=1S/C16H25N/c1-6-15(2,3)13-7-8-14-12(11-13)9-10-17-16(14,4)5/h7-8,11,17H,6,9-10H2,1-5H3. The Morgan fingerprint density at radius 3 is 2.65 bits per heavy atom. The highest BCUT2D eigenvalue weighted by atomic mass is 15.0. The van der Waals surface area contributed by atoms with Gasteiger partial charge in [0.15, 0.2) is 0 Å². The Balaban J connectivity index is 2.45. The molecule has 0 bridgehead atoms. The number of benzene rings is 1. The van der Waals surface area contributed by atoms with E-state index in [0.29, 0.717) is 5.41 Å². The average molecular weight is 231 g/mol. The molecule has 0 amide bonds. The fourth-order valence-corrected chi connectivity index (χ4v) is 2.64. The lowest BCUT2D eigenvalue weighted by Crippen LogP contribution is -2.42. The van der Waals surface area contributed by atoms with Crippen LogP contribution in [0.3, 0.4) is 0 Å². The van der Waals surface area contributed by atoms with Crippen LogP contribution in [0.4, 0.5) is 0 Å². The average Bonchev–Trinajstić information content (AvgIpc) is 2.28. The summed E-state index contributed by atoms with van der Waals surface area (Å²) in [5, 5.41) is 3.59.